The summed E-state index contributed by atoms with van der Waals surface area (Å²) >= 11 is 0. The number of halogens is 3. The molecule has 0 saturated carbocycles. The fourth-order valence-corrected chi connectivity index (χ4v) is 2.58. The first-order valence-electron chi connectivity index (χ1n) is 8.60. The summed E-state index contributed by atoms with van der Waals surface area (Å²) in [6, 6.07) is 12.1. The minimum Gasteiger partial charge on any atom is -0.465 e. The van der Waals surface area contributed by atoms with Crippen LogP contribution in [0.25, 0.3) is 0 Å². The van der Waals surface area contributed by atoms with E-state index in [9.17, 15) is 27.6 Å². The first-order valence-corrected chi connectivity index (χ1v) is 8.60. The lowest BCUT2D eigenvalue weighted by molar-refractivity contribution is -0.185. The van der Waals surface area contributed by atoms with E-state index in [1.807, 2.05) is 0 Å². The number of hydrogen-bond donors (Lipinski definition) is 1. The van der Waals surface area contributed by atoms with Gasteiger partial charge in [-0.1, -0.05) is 18.2 Å². The highest BCUT2D eigenvalue weighted by atomic mass is 19.4. The number of carbonyl (C=O) groups excluding carboxylic acids is 3. The number of amides is 2. The topological polar surface area (TPSA) is 75.7 Å². The molecule has 29 heavy (non-hydrogen) atoms. The maximum absolute atomic E-state index is 12.7. The number of hydrogen-bond acceptors (Lipinski definition) is 4. The molecule has 0 aromatic heterocycles. The normalized spacial score (nSPS) is 10.9. The summed E-state index contributed by atoms with van der Waals surface area (Å²) in [5.74, 6) is -3.02. The van der Waals surface area contributed by atoms with Crippen molar-refractivity contribution in [1.82, 2.24) is 4.90 Å². The van der Waals surface area contributed by atoms with Gasteiger partial charge in [-0.2, -0.15) is 13.2 Å². The molecule has 154 valence electrons. The molecule has 6 nitrogen and oxygen atoms in total. The van der Waals surface area contributed by atoms with Gasteiger partial charge in [0.2, 0.25) is 0 Å². The Balaban J connectivity index is 2.14. The predicted molar refractivity (Wildman–Crippen MR) is 99.3 cm³/mol. The number of nitrogens with one attached hydrogen (secondary N) is 1. The summed E-state index contributed by atoms with van der Waals surface area (Å²) in [7, 11) is 1.23. The molecule has 0 radical (unpaired) electrons. The van der Waals surface area contributed by atoms with Crippen molar-refractivity contribution < 1.29 is 32.3 Å². The number of rotatable bonds is 6. The fourth-order valence-electron chi connectivity index (χ4n) is 2.58. The second-order valence-electron chi connectivity index (χ2n) is 6.04. The molecule has 2 aromatic rings. The van der Waals surface area contributed by atoms with Gasteiger partial charge in [-0.25, -0.2) is 4.79 Å². The molecule has 0 aliphatic rings. The van der Waals surface area contributed by atoms with Crippen LogP contribution in [0, 0.1) is 0 Å². The third kappa shape index (κ3) is 5.81. The van der Waals surface area contributed by atoms with E-state index in [4.69, 9.17) is 0 Å². The predicted octanol–water partition coefficient (Wildman–Crippen LogP) is 3.64. The van der Waals surface area contributed by atoms with Crippen molar-refractivity contribution in [1.29, 1.82) is 0 Å². The minimum absolute atomic E-state index is 0.116. The van der Waals surface area contributed by atoms with Crippen LogP contribution in [0.1, 0.15) is 33.2 Å². The van der Waals surface area contributed by atoms with Crippen molar-refractivity contribution in [3.63, 3.8) is 0 Å². The van der Waals surface area contributed by atoms with E-state index in [-0.39, 0.29) is 24.2 Å². The highest BCUT2D eigenvalue weighted by Gasteiger charge is 2.41. The van der Waals surface area contributed by atoms with Crippen molar-refractivity contribution in [3.8, 4) is 0 Å². The van der Waals surface area contributed by atoms with Gasteiger partial charge in [0.05, 0.1) is 12.7 Å². The van der Waals surface area contributed by atoms with Crippen LogP contribution in [0.5, 0.6) is 0 Å². The lowest BCUT2D eigenvalue weighted by Gasteiger charge is -2.22. The second kappa shape index (κ2) is 9.22. The van der Waals surface area contributed by atoms with Gasteiger partial charge in [0.1, 0.15) is 0 Å². The van der Waals surface area contributed by atoms with E-state index in [1.165, 1.54) is 44.4 Å². The van der Waals surface area contributed by atoms with Gasteiger partial charge in [0, 0.05) is 24.3 Å². The maximum Gasteiger partial charge on any atom is 0.471 e. The second-order valence-corrected chi connectivity index (χ2v) is 6.04. The van der Waals surface area contributed by atoms with Gasteiger partial charge in [0.25, 0.3) is 5.91 Å². The van der Waals surface area contributed by atoms with Gasteiger partial charge in [-0.15, -0.1) is 0 Å². The Kier molecular flexibility index (Phi) is 6.98. The Morgan fingerprint density at radius 2 is 1.69 bits per heavy atom. The lowest BCUT2D eigenvalue weighted by Crippen LogP contribution is -2.40. The van der Waals surface area contributed by atoms with Gasteiger partial charge < -0.3 is 15.0 Å². The van der Waals surface area contributed by atoms with Crippen LogP contribution in [0.4, 0.5) is 18.9 Å². The lowest BCUT2D eigenvalue weighted by atomic mass is 10.1. The fraction of sp³-hybridized carbons (Fsp3) is 0.250. The molecular weight excluding hydrogens is 389 g/mol. The summed E-state index contributed by atoms with van der Waals surface area (Å²) in [6.07, 6.45) is -4.95. The van der Waals surface area contributed by atoms with E-state index >= 15 is 0 Å². The highest BCUT2D eigenvalue weighted by Crippen LogP contribution is 2.21. The number of ether oxygens (including phenoxy) is 1. The number of methoxy groups -OCH3 is 1. The standard InChI is InChI=1S/C20H19F3N2O4/c1-3-25(19(28)20(21,22)23)12-13-6-4-9-16(10-13)24-17(26)14-7-5-8-15(11-14)18(27)29-2/h4-11H,3,12H2,1-2H3,(H,24,26). The van der Waals surface area contributed by atoms with Crippen molar-refractivity contribution in [2.24, 2.45) is 0 Å². The van der Waals surface area contributed by atoms with Gasteiger partial charge >= 0.3 is 18.1 Å². The van der Waals surface area contributed by atoms with Crippen molar-refractivity contribution >= 4 is 23.5 Å². The van der Waals surface area contributed by atoms with Crippen molar-refractivity contribution in [2.45, 2.75) is 19.6 Å². The minimum atomic E-state index is -4.95. The number of nitrogens with zero attached hydrogens (tertiary/aromatic N) is 1. The van der Waals surface area contributed by atoms with Crippen LogP contribution in [0.2, 0.25) is 0 Å². The molecule has 0 heterocycles. The van der Waals surface area contributed by atoms with Crippen molar-refractivity contribution in [2.75, 3.05) is 19.0 Å². The SMILES string of the molecule is CCN(Cc1cccc(NC(=O)c2cccc(C(=O)OC)c2)c1)C(=O)C(F)(F)F. The average molecular weight is 408 g/mol. The first kappa shape index (κ1) is 21.9. The van der Waals surface area contributed by atoms with Crippen LogP contribution in [0.3, 0.4) is 0 Å². The van der Waals surface area contributed by atoms with Gasteiger partial charge in [0.15, 0.2) is 0 Å². The third-order valence-corrected chi connectivity index (χ3v) is 4.02. The zero-order valence-corrected chi connectivity index (χ0v) is 15.7. The third-order valence-electron chi connectivity index (χ3n) is 4.02. The largest absolute Gasteiger partial charge is 0.471 e. The molecule has 0 spiro atoms. The van der Waals surface area contributed by atoms with Crippen LogP contribution in [-0.4, -0.2) is 42.5 Å². The molecule has 1 N–H and O–H groups in total. The molecule has 2 rings (SSSR count). The Bertz CT molecular complexity index is 913. The molecule has 2 amide bonds. The Morgan fingerprint density at radius 1 is 1.03 bits per heavy atom. The van der Waals surface area contributed by atoms with Crippen LogP contribution in [-0.2, 0) is 16.1 Å². The van der Waals surface area contributed by atoms with Crippen molar-refractivity contribution in [3.05, 3.63) is 65.2 Å². The van der Waals surface area contributed by atoms with Crippen LogP contribution < -0.4 is 5.32 Å². The Morgan fingerprint density at radius 3 is 2.31 bits per heavy atom. The van der Waals surface area contributed by atoms with Crippen LogP contribution >= 0.6 is 0 Å². The molecule has 0 bridgehead atoms. The highest BCUT2D eigenvalue weighted by molar-refractivity contribution is 6.05. The summed E-state index contributed by atoms with van der Waals surface area (Å²) in [5, 5.41) is 2.62. The number of esters is 1. The van der Waals surface area contributed by atoms with Crippen LogP contribution in [0.15, 0.2) is 48.5 Å². The molecule has 2 aromatic carbocycles. The molecule has 0 aliphatic carbocycles. The summed E-state index contributed by atoms with van der Waals surface area (Å²) in [5.41, 5.74) is 1.18. The maximum atomic E-state index is 12.7. The first-order chi connectivity index (χ1) is 13.7. The average Bonchev–Trinajstić information content (AvgIpc) is 2.70. The number of anilines is 1. The smallest absolute Gasteiger partial charge is 0.465 e. The number of benzene rings is 2. The summed E-state index contributed by atoms with van der Waals surface area (Å²) in [6.45, 7) is 1.08. The Hall–Kier alpha value is -3.36. The molecule has 0 aliphatic heterocycles. The monoisotopic (exact) mass is 408 g/mol. The van der Waals surface area contributed by atoms with Gasteiger partial charge in [-0.05, 0) is 42.8 Å². The summed E-state index contributed by atoms with van der Waals surface area (Å²) < 4.78 is 42.6. The van der Waals surface area contributed by atoms with E-state index in [0.29, 0.717) is 16.2 Å². The Labute approximate surface area is 165 Å². The zero-order chi connectivity index (χ0) is 21.6. The molecule has 0 atom stereocenters. The van der Waals surface area contributed by atoms with E-state index < -0.39 is 24.0 Å². The van der Waals surface area contributed by atoms with E-state index in [2.05, 4.69) is 10.1 Å². The molecule has 0 saturated heterocycles. The van der Waals surface area contributed by atoms with Gasteiger partial charge in [-0.3, -0.25) is 9.59 Å². The molecular formula is C20H19F3N2O4. The summed E-state index contributed by atoms with van der Waals surface area (Å²) in [4.78, 5) is 36.1. The quantitative estimate of drug-likeness (QED) is 0.741. The number of carbonyl (C=O) groups is 3. The van der Waals surface area contributed by atoms with E-state index in [1.54, 1.807) is 18.2 Å². The molecule has 0 fully saturated rings. The number of alkyl halides is 3. The van der Waals surface area contributed by atoms with E-state index in [0.717, 1.165) is 0 Å². The molecule has 0 unspecified atom stereocenters. The zero-order valence-electron chi connectivity index (χ0n) is 15.7. The molecule has 9 heteroatoms.